The largest absolute Gasteiger partial charge is 0.202 e. The Morgan fingerprint density at radius 2 is 1.88 bits per heavy atom. The van der Waals surface area contributed by atoms with Crippen molar-refractivity contribution >= 4 is 21.4 Å². The molecule has 5 heteroatoms. The molecule has 0 N–H and O–H groups in total. The van der Waals surface area contributed by atoms with Gasteiger partial charge in [-0.25, -0.2) is 4.39 Å². The van der Waals surface area contributed by atoms with Crippen LogP contribution in [0.4, 0.5) is 4.39 Å². The summed E-state index contributed by atoms with van der Waals surface area (Å²) in [6.07, 6.45) is 1.57. The first-order chi connectivity index (χ1) is 8.25. The molecule has 0 fully saturated rings. The summed E-state index contributed by atoms with van der Waals surface area (Å²) < 4.78 is 16.3. The van der Waals surface area contributed by atoms with Gasteiger partial charge in [-0.05, 0) is 24.3 Å². The maximum absolute atomic E-state index is 14.1. The lowest BCUT2D eigenvalue weighted by Crippen LogP contribution is -1.91. The van der Waals surface area contributed by atoms with Crippen LogP contribution >= 0.6 is 15.9 Å². The molecule has 0 bridgehead atoms. The molecule has 3 nitrogen and oxygen atoms in total. The van der Waals surface area contributed by atoms with Gasteiger partial charge in [-0.1, -0.05) is 28.1 Å². The van der Waals surface area contributed by atoms with Gasteiger partial charge in [0.2, 0.25) is 0 Å². The minimum Gasteiger partial charge on any atom is -0.202 e. The van der Waals surface area contributed by atoms with Crippen molar-refractivity contribution in [2.75, 3.05) is 0 Å². The van der Waals surface area contributed by atoms with Crippen LogP contribution in [0.25, 0.3) is 16.8 Å². The van der Waals surface area contributed by atoms with Crippen molar-refractivity contribution in [1.29, 1.82) is 0 Å². The van der Waals surface area contributed by atoms with Gasteiger partial charge in [0.1, 0.15) is 11.2 Å². The van der Waals surface area contributed by atoms with Crippen LogP contribution < -0.4 is 0 Å². The van der Waals surface area contributed by atoms with E-state index in [1.165, 1.54) is 4.63 Å². The van der Waals surface area contributed by atoms with Crippen LogP contribution in [0.1, 0.15) is 0 Å². The SMILES string of the molecule is Fc1c(-c2ccc(Br)cc2)nn2ncccc12. The Morgan fingerprint density at radius 1 is 1.12 bits per heavy atom. The fourth-order valence-corrected chi connectivity index (χ4v) is 1.92. The van der Waals surface area contributed by atoms with Gasteiger partial charge in [0.05, 0.1) is 0 Å². The first-order valence-corrected chi connectivity index (χ1v) is 5.80. The van der Waals surface area contributed by atoms with Crippen LogP contribution in [0.2, 0.25) is 0 Å². The van der Waals surface area contributed by atoms with E-state index in [1.807, 2.05) is 24.3 Å². The van der Waals surface area contributed by atoms with E-state index >= 15 is 0 Å². The summed E-state index contributed by atoms with van der Waals surface area (Å²) >= 11 is 3.34. The molecular formula is C12H7BrFN3. The molecule has 3 aromatic rings. The number of benzene rings is 1. The molecule has 0 aliphatic heterocycles. The summed E-state index contributed by atoms with van der Waals surface area (Å²) in [7, 11) is 0. The number of nitrogens with zero attached hydrogens (tertiary/aromatic N) is 3. The van der Waals surface area contributed by atoms with E-state index in [0.717, 1.165) is 10.0 Å². The van der Waals surface area contributed by atoms with Gasteiger partial charge < -0.3 is 0 Å². The highest BCUT2D eigenvalue weighted by atomic mass is 79.9. The van der Waals surface area contributed by atoms with Gasteiger partial charge in [0.15, 0.2) is 5.82 Å². The Labute approximate surface area is 105 Å². The van der Waals surface area contributed by atoms with Crippen molar-refractivity contribution in [1.82, 2.24) is 14.8 Å². The highest BCUT2D eigenvalue weighted by Crippen LogP contribution is 2.25. The summed E-state index contributed by atoms with van der Waals surface area (Å²) in [4.78, 5) is 0. The van der Waals surface area contributed by atoms with Crippen molar-refractivity contribution in [2.24, 2.45) is 0 Å². The average molecular weight is 292 g/mol. The molecule has 0 aliphatic rings. The molecule has 17 heavy (non-hydrogen) atoms. The molecule has 0 aliphatic carbocycles. The van der Waals surface area contributed by atoms with Crippen LogP contribution in [0.15, 0.2) is 47.1 Å². The van der Waals surface area contributed by atoms with Gasteiger partial charge in [0.25, 0.3) is 0 Å². The van der Waals surface area contributed by atoms with Crippen molar-refractivity contribution in [3.05, 3.63) is 52.9 Å². The Morgan fingerprint density at radius 3 is 2.59 bits per heavy atom. The van der Waals surface area contributed by atoms with Gasteiger partial charge in [-0.15, -0.1) is 9.73 Å². The fraction of sp³-hybridized carbons (Fsp3) is 0. The van der Waals surface area contributed by atoms with E-state index in [4.69, 9.17) is 0 Å². The molecule has 2 heterocycles. The minimum absolute atomic E-state index is 0.316. The van der Waals surface area contributed by atoms with Crippen molar-refractivity contribution in [3.8, 4) is 11.3 Å². The molecule has 0 radical (unpaired) electrons. The van der Waals surface area contributed by atoms with Crippen LogP contribution in [-0.2, 0) is 0 Å². The highest BCUT2D eigenvalue weighted by Gasteiger charge is 2.14. The molecule has 84 valence electrons. The Hall–Kier alpha value is -1.75. The Kier molecular flexibility index (Phi) is 2.40. The van der Waals surface area contributed by atoms with Crippen LogP contribution in [0.5, 0.6) is 0 Å². The number of aromatic nitrogens is 3. The monoisotopic (exact) mass is 291 g/mol. The Bertz CT molecular complexity index is 676. The number of rotatable bonds is 1. The molecule has 1 aromatic carbocycles. The summed E-state index contributed by atoms with van der Waals surface area (Å²) in [6, 6.07) is 10.7. The molecule has 0 spiro atoms. The Balaban J connectivity index is 2.24. The van der Waals surface area contributed by atoms with Gasteiger partial charge in [0, 0.05) is 16.2 Å². The number of halogens is 2. The van der Waals surface area contributed by atoms with E-state index in [1.54, 1.807) is 18.3 Å². The van der Waals surface area contributed by atoms with Gasteiger partial charge in [-0.3, -0.25) is 0 Å². The first-order valence-electron chi connectivity index (χ1n) is 5.01. The standard InChI is InChI=1S/C12H7BrFN3/c13-9-5-3-8(4-6-9)12-11(14)10-2-1-7-15-17(10)16-12/h1-7H. The topological polar surface area (TPSA) is 30.2 Å². The molecule has 0 atom stereocenters. The summed E-state index contributed by atoms with van der Waals surface area (Å²) in [5.41, 5.74) is 1.43. The van der Waals surface area contributed by atoms with E-state index in [-0.39, 0.29) is 5.82 Å². The number of hydrogen-bond donors (Lipinski definition) is 0. The molecule has 3 rings (SSSR count). The molecule has 2 aromatic heterocycles. The van der Waals surface area contributed by atoms with Crippen molar-refractivity contribution in [3.63, 3.8) is 0 Å². The summed E-state index contributed by atoms with van der Waals surface area (Å²) in [6.45, 7) is 0. The van der Waals surface area contributed by atoms with Crippen molar-refractivity contribution < 1.29 is 4.39 Å². The third kappa shape index (κ3) is 1.72. The van der Waals surface area contributed by atoms with E-state index in [9.17, 15) is 4.39 Å². The quantitative estimate of drug-likeness (QED) is 0.689. The maximum Gasteiger partial charge on any atom is 0.178 e. The molecular weight excluding hydrogens is 285 g/mol. The van der Waals surface area contributed by atoms with Crippen LogP contribution in [0.3, 0.4) is 0 Å². The lowest BCUT2D eigenvalue weighted by Gasteiger charge is -1.96. The third-order valence-electron chi connectivity index (χ3n) is 2.48. The predicted molar refractivity (Wildman–Crippen MR) is 66.1 cm³/mol. The van der Waals surface area contributed by atoms with Crippen LogP contribution in [-0.4, -0.2) is 14.8 Å². The summed E-state index contributed by atoms with van der Waals surface area (Å²) in [5, 5.41) is 8.09. The maximum atomic E-state index is 14.1. The van der Waals surface area contributed by atoms with Crippen molar-refractivity contribution in [2.45, 2.75) is 0 Å². The smallest absolute Gasteiger partial charge is 0.178 e. The second-order valence-corrected chi connectivity index (χ2v) is 4.48. The van der Waals surface area contributed by atoms with E-state index in [2.05, 4.69) is 26.1 Å². The molecule has 0 amide bonds. The average Bonchev–Trinajstić information content (AvgIpc) is 2.69. The zero-order valence-corrected chi connectivity index (χ0v) is 10.2. The second kappa shape index (κ2) is 3.92. The van der Waals surface area contributed by atoms with Gasteiger partial charge >= 0.3 is 0 Å². The first kappa shape index (κ1) is 10.4. The normalized spacial score (nSPS) is 10.9. The fourth-order valence-electron chi connectivity index (χ4n) is 1.66. The lowest BCUT2D eigenvalue weighted by molar-refractivity contribution is 0.641. The lowest BCUT2D eigenvalue weighted by atomic mass is 10.1. The third-order valence-corrected chi connectivity index (χ3v) is 3.01. The molecule has 0 unspecified atom stereocenters. The predicted octanol–water partition coefficient (Wildman–Crippen LogP) is 3.30. The van der Waals surface area contributed by atoms with Crippen LogP contribution in [0, 0.1) is 5.82 Å². The van der Waals surface area contributed by atoms with Gasteiger partial charge in [-0.2, -0.15) is 5.10 Å². The summed E-state index contributed by atoms with van der Waals surface area (Å²) in [5.74, 6) is -0.347. The second-order valence-electron chi connectivity index (χ2n) is 3.57. The minimum atomic E-state index is -0.347. The number of hydrogen-bond acceptors (Lipinski definition) is 2. The number of fused-ring (bicyclic) bond motifs is 1. The zero-order chi connectivity index (χ0) is 11.8. The zero-order valence-electron chi connectivity index (χ0n) is 8.64. The molecule has 0 saturated carbocycles. The van der Waals surface area contributed by atoms with E-state index in [0.29, 0.717) is 11.2 Å². The van der Waals surface area contributed by atoms with E-state index < -0.39 is 0 Å². The molecule has 0 saturated heterocycles. The highest BCUT2D eigenvalue weighted by molar-refractivity contribution is 9.10.